The second kappa shape index (κ2) is 8.60. The molecule has 0 aromatic heterocycles. The van der Waals surface area contributed by atoms with Gasteiger partial charge >= 0.3 is 0 Å². The first kappa shape index (κ1) is 19.4. The second-order valence-corrected chi connectivity index (χ2v) is 13.7. The fourth-order valence-electron chi connectivity index (χ4n) is 3.97. The largest absolute Gasteiger partial charge is 0.322 e. The molecule has 0 aliphatic carbocycles. The third-order valence-electron chi connectivity index (χ3n) is 4.09. The van der Waals surface area contributed by atoms with Crippen molar-refractivity contribution in [2.75, 3.05) is 0 Å². The summed E-state index contributed by atoms with van der Waals surface area (Å²) in [5.41, 5.74) is 1.52. The Morgan fingerprint density at radius 3 is 0.947 bits per heavy atom. The van der Waals surface area contributed by atoms with Crippen LogP contribution in [0.3, 0.4) is 0 Å². The van der Waals surface area contributed by atoms with E-state index in [-0.39, 0.29) is 0 Å². The molecule has 19 heavy (non-hydrogen) atoms. The van der Waals surface area contributed by atoms with Gasteiger partial charge in [0.2, 0.25) is 0 Å². The molecule has 0 spiro atoms. The van der Waals surface area contributed by atoms with E-state index in [4.69, 9.17) is 0 Å². The van der Waals surface area contributed by atoms with Gasteiger partial charge in [-0.2, -0.15) is 0 Å². The number of hydrogen-bond donors (Lipinski definition) is 0. The lowest BCUT2D eigenvalue weighted by molar-refractivity contribution is 0.296. The van der Waals surface area contributed by atoms with Crippen molar-refractivity contribution in [1.29, 1.82) is 0 Å². The number of hydrogen-bond acceptors (Lipinski definition) is 2. The van der Waals surface area contributed by atoms with E-state index >= 15 is 0 Å². The third-order valence-corrected chi connectivity index (χ3v) is 14.0. The minimum absolute atomic E-state index is 0.703. The van der Waals surface area contributed by atoms with Crippen LogP contribution in [0.2, 0.25) is 18.8 Å². The van der Waals surface area contributed by atoms with Gasteiger partial charge in [-0.3, -0.25) is 0 Å². The molecule has 0 bridgehead atoms. The molecule has 0 saturated carbocycles. The molecule has 0 radical (unpaired) electrons. The van der Waals surface area contributed by atoms with Gasteiger partial charge in [-0.1, -0.05) is 68.5 Å². The Hall–Kier alpha value is 0.354. The van der Waals surface area contributed by atoms with Crippen LogP contribution in [0.15, 0.2) is 0 Å². The number of nitrogens with zero attached hydrogens (tertiary/aromatic N) is 2. The standard InChI is InChI=1S/C15H38N2Si2/c1-12(2)16(13(3)4)18(9)11-19(10)17(14(5)6)15(7)8/h12-15,18-19H,11H2,1-10H3. The van der Waals surface area contributed by atoms with Gasteiger partial charge in [-0.15, -0.1) is 0 Å². The molecule has 4 heteroatoms. The minimum atomic E-state index is -0.776. The van der Waals surface area contributed by atoms with Crippen molar-refractivity contribution < 1.29 is 0 Å². The van der Waals surface area contributed by atoms with Crippen molar-refractivity contribution in [3.05, 3.63) is 0 Å². The van der Waals surface area contributed by atoms with Crippen molar-refractivity contribution in [2.24, 2.45) is 0 Å². The molecule has 2 nitrogen and oxygen atoms in total. The lowest BCUT2D eigenvalue weighted by atomic mass is 10.3. The van der Waals surface area contributed by atoms with E-state index in [9.17, 15) is 0 Å². The van der Waals surface area contributed by atoms with Crippen LogP contribution in [0.4, 0.5) is 0 Å². The summed E-state index contributed by atoms with van der Waals surface area (Å²) in [6, 6.07) is 2.81. The third kappa shape index (κ3) is 6.11. The first-order chi connectivity index (χ1) is 8.59. The summed E-state index contributed by atoms with van der Waals surface area (Å²) in [7, 11) is -1.55. The van der Waals surface area contributed by atoms with E-state index in [0.717, 1.165) is 0 Å². The molecule has 0 aliphatic heterocycles. The number of rotatable bonds is 8. The highest BCUT2D eigenvalue weighted by Gasteiger charge is 2.28. The maximum atomic E-state index is 2.81. The van der Waals surface area contributed by atoms with Gasteiger partial charge in [0.1, 0.15) is 17.9 Å². The SMILES string of the molecule is CC(C)N(C(C)C)[SiH](C)C[SiH](C)N(C(C)C)C(C)C. The van der Waals surface area contributed by atoms with Crippen LogP contribution in [0.25, 0.3) is 0 Å². The molecule has 0 rings (SSSR count). The Kier molecular flexibility index (Phi) is 8.76. The summed E-state index contributed by atoms with van der Waals surface area (Å²) in [6.07, 6.45) is 0. The van der Waals surface area contributed by atoms with Crippen molar-refractivity contribution >= 4 is 17.9 Å². The molecule has 0 amide bonds. The Labute approximate surface area is 125 Å². The highest BCUT2D eigenvalue weighted by Crippen LogP contribution is 2.17. The van der Waals surface area contributed by atoms with Crippen LogP contribution < -0.4 is 0 Å². The summed E-state index contributed by atoms with van der Waals surface area (Å²) in [5.74, 6) is 0. The van der Waals surface area contributed by atoms with Crippen LogP contribution in [-0.2, 0) is 0 Å². The smallest absolute Gasteiger partial charge is 0.107 e. The van der Waals surface area contributed by atoms with E-state index in [1.807, 2.05) is 0 Å². The van der Waals surface area contributed by atoms with Gasteiger partial charge in [0.15, 0.2) is 0 Å². The fraction of sp³-hybridized carbons (Fsp3) is 1.00. The maximum Gasteiger partial charge on any atom is 0.107 e. The minimum Gasteiger partial charge on any atom is -0.322 e. The molecular formula is C15H38N2Si2. The molecule has 0 aromatic carbocycles. The topological polar surface area (TPSA) is 6.48 Å². The molecule has 0 aromatic rings. The van der Waals surface area contributed by atoms with Crippen molar-refractivity contribution in [3.63, 3.8) is 0 Å². The van der Waals surface area contributed by atoms with Crippen LogP contribution in [0.5, 0.6) is 0 Å². The molecule has 2 atom stereocenters. The van der Waals surface area contributed by atoms with Gasteiger partial charge in [-0.05, 0) is 29.8 Å². The van der Waals surface area contributed by atoms with Crippen LogP contribution >= 0.6 is 0 Å². The molecule has 0 fully saturated rings. The average molecular weight is 303 g/mol. The molecule has 0 aliphatic rings. The zero-order valence-electron chi connectivity index (χ0n) is 15.1. The predicted octanol–water partition coefficient (Wildman–Crippen LogP) is 3.47. The van der Waals surface area contributed by atoms with E-state index < -0.39 is 17.9 Å². The molecule has 0 heterocycles. The van der Waals surface area contributed by atoms with Crippen molar-refractivity contribution in [3.8, 4) is 0 Å². The van der Waals surface area contributed by atoms with Crippen molar-refractivity contribution in [1.82, 2.24) is 9.13 Å². The predicted molar refractivity (Wildman–Crippen MR) is 95.1 cm³/mol. The van der Waals surface area contributed by atoms with E-state index in [1.54, 1.807) is 0 Å². The van der Waals surface area contributed by atoms with Gasteiger partial charge in [0.25, 0.3) is 0 Å². The van der Waals surface area contributed by atoms with Gasteiger partial charge in [-0.25, -0.2) is 0 Å². The molecule has 2 unspecified atom stereocenters. The van der Waals surface area contributed by atoms with Crippen LogP contribution in [-0.4, -0.2) is 51.2 Å². The van der Waals surface area contributed by atoms with Gasteiger partial charge in [0.05, 0.1) is 0 Å². The van der Waals surface area contributed by atoms with E-state index in [1.165, 1.54) is 5.67 Å². The summed E-state index contributed by atoms with van der Waals surface area (Å²) in [5, 5.41) is 0. The summed E-state index contributed by atoms with van der Waals surface area (Å²) in [6.45, 7) is 24.0. The Morgan fingerprint density at radius 2 is 0.789 bits per heavy atom. The van der Waals surface area contributed by atoms with Gasteiger partial charge < -0.3 is 9.13 Å². The highest BCUT2D eigenvalue weighted by molar-refractivity contribution is 6.73. The summed E-state index contributed by atoms with van der Waals surface area (Å²) in [4.78, 5) is 0. The highest BCUT2D eigenvalue weighted by atomic mass is 28.3. The molecule has 0 saturated heterocycles. The van der Waals surface area contributed by atoms with Crippen molar-refractivity contribution in [2.45, 2.75) is 98.3 Å². The molecule has 116 valence electrons. The lowest BCUT2D eigenvalue weighted by Gasteiger charge is -2.41. The zero-order valence-corrected chi connectivity index (χ0v) is 17.4. The molecular weight excluding hydrogens is 264 g/mol. The maximum absolute atomic E-state index is 2.81. The first-order valence-corrected chi connectivity index (χ1v) is 13.1. The lowest BCUT2D eigenvalue weighted by Crippen LogP contribution is -2.53. The average Bonchev–Trinajstić information content (AvgIpc) is 2.13. The van der Waals surface area contributed by atoms with Gasteiger partial charge in [0, 0.05) is 0 Å². The van der Waals surface area contributed by atoms with Crippen LogP contribution in [0.1, 0.15) is 55.4 Å². The monoisotopic (exact) mass is 302 g/mol. The second-order valence-electron chi connectivity index (χ2n) is 7.20. The van der Waals surface area contributed by atoms with E-state index in [0.29, 0.717) is 24.2 Å². The fourth-order valence-corrected chi connectivity index (χ4v) is 13.9. The molecule has 0 N–H and O–H groups in total. The Balaban J connectivity index is 4.72. The normalized spacial score (nSPS) is 16.4. The quantitative estimate of drug-likeness (QED) is 0.634. The zero-order chi connectivity index (χ0) is 15.3. The summed E-state index contributed by atoms with van der Waals surface area (Å²) >= 11 is 0. The summed E-state index contributed by atoms with van der Waals surface area (Å²) < 4.78 is 5.62. The van der Waals surface area contributed by atoms with E-state index in [2.05, 4.69) is 77.6 Å². The first-order valence-electron chi connectivity index (χ1n) is 8.14. The Morgan fingerprint density at radius 1 is 0.579 bits per heavy atom. The van der Waals surface area contributed by atoms with Crippen LogP contribution in [0, 0.1) is 0 Å². The Bertz CT molecular complexity index is 202.